The average molecular weight is 464 g/mol. The van der Waals surface area contributed by atoms with Crippen LogP contribution < -0.4 is 5.32 Å². The summed E-state index contributed by atoms with van der Waals surface area (Å²) in [7, 11) is -3.44. The van der Waals surface area contributed by atoms with Gasteiger partial charge in [-0.25, -0.2) is 8.42 Å². The van der Waals surface area contributed by atoms with Crippen molar-refractivity contribution in [2.24, 2.45) is 0 Å². The van der Waals surface area contributed by atoms with E-state index in [1.165, 1.54) is 4.31 Å². The number of carbonyl (C=O) groups excluding carboxylic acids is 1. The van der Waals surface area contributed by atoms with Crippen LogP contribution in [0.5, 0.6) is 0 Å². The van der Waals surface area contributed by atoms with Gasteiger partial charge in [0.15, 0.2) is 0 Å². The van der Waals surface area contributed by atoms with Gasteiger partial charge in [-0.15, -0.1) is 0 Å². The molecule has 33 heavy (non-hydrogen) atoms. The summed E-state index contributed by atoms with van der Waals surface area (Å²) in [5, 5.41) is 2.98. The first kappa shape index (κ1) is 23.2. The highest BCUT2D eigenvalue weighted by molar-refractivity contribution is 7.89. The lowest BCUT2D eigenvalue weighted by Crippen LogP contribution is -2.50. The molecule has 172 valence electrons. The van der Waals surface area contributed by atoms with E-state index in [2.05, 4.69) is 22.3 Å². The molecule has 1 N–H and O–H groups in total. The summed E-state index contributed by atoms with van der Waals surface area (Å²) < 4.78 is 27.0. The smallest absolute Gasteiger partial charge is 0.243 e. The number of piperazine rings is 1. The van der Waals surface area contributed by atoms with Crippen LogP contribution in [0.4, 0.5) is 0 Å². The maximum absolute atomic E-state index is 12.7. The minimum atomic E-state index is -3.44. The topological polar surface area (TPSA) is 69.7 Å². The van der Waals surface area contributed by atoms with E-state index >= 15 is 0 Å². The molecular formula is C26H29N3O3S. The van der Waals surface area contributed by atoms with Crippen LogP contribution >= 0.6 is 0 Å². The Hall–Kier alpha value is -3.00. The zero-order valence-electron chi connectivity index (χ0n) is 18.6. The van der Waals surface area contributed by atoms with Crippen molar-refractivity contribution in [3.8, 4) is 11.1 Å². The van der Waals surface area contributed by atoms with E-state index in [-0.39, 0.29) is 5.91 Å². The summed E-state index contributed by atoms with van der Waals surface area (Å²) in [6.45, 7) is 3.48. The Morgan fingerprint density at radius 1 is 0.758 bits per heavy atom. The van der Waals surface area contributed by atoms with Crippen molar-refractivity contribution < 1.29 is 13.2 Å². The third-order valence-electron chi connectivity index (χ3n) is 5.89. The van der Waals surface area contributed by atoms with Gasteiger partial charge in [-0.1, -0.05) is 72.8 Å². The van der Waals surface area contributed by atoms with Gasteiger partial charge < -0.3 is 5.32 Å². The first-order valence-corrected chi connectivity index (χ1v) is 12.6. The molecule has 0 atom stereocenters. The lowest BCUT2D eigenvalue weighted by Gasteiger charge is -2.33. The van der Waals surface area contributed by atoms with Gasteiger partial charge in [0.2, 0.25) is 15.9 Å². The van der Waals surface area contributed by atoms with Gasteiger partial charge in [0.25, 0.3) is 0 Å². The molecule has 1 aliphatic heterocycles. The lowest BCUT2D eigenvalue weighted by atomic mass is 10.0. The molecule has 0 aromatic heterocycles. The summed E-state index contributed by atoms with van der Waals surface area (Å²) >= 11 is 0. The monoisotopic (exact) mass is 463 g/mol. The molecule has 6 nitrogen and oxygen atoms in total. The van der Waals surface area contributed by atoms with Gasteiger partial charge in [0.1, 0.15) is 0 Å². The van der Waals surface area contributed by atoms with E-state index in [0.717, 1.165) is 16.7 Å². The van der Waals surface area contributed by atoms with Crippen LogP contribution in [0.1, 0.15) is 5.56 Å². The summed E-state index contributed by atoms with van der Waals surface area (Å²) in [5.41, 5.74) is 3.27. The predicted octanol–water partition coefficient (Wildman–Crippen LogP) is 3.02. The zero-order valence-corrected chi connectivity index (χ0v) is 19.4. The second kappa shape index (κ2) is 10.7. The fraction of sp³-hybridized carbons (Fsp3) is 0.269. The van der Waals surface area contributed by atoms with E-state index in [1.54, 1.807) is 24.3 Å². The van der Waals surface area contributed by atoms with Gasteiger partial charge in [-0.05, 0) is 28.8 Å². The van der Waals surface area contributed by atoms with Crippen molar-refractivity contribution in [2.45, 2.75) is 11.3 Å². The van der Waals surface area contributed by atoms with Gasteiger partial charge in [-0.2, -0.15) is 4.31 Å². The molecule has 1 heterocycles. The number of hydrogen-bond donors (Lipinski definition) is 1. The Kier molecular flexibility index (Phi) is 7.54. The Bertz CT molecular complexity index is 1140. The maximum atomic E-state index is 12.7. The minimum Gasteiger partial charge on any atom is -0.355 e. The molecule has 1 amide bonds. The van der Waals surface area contributed by atoms with E-state index in [9.17, 15) is 13.2 Å². The van der Waals surface area contributed by atoms with Crippen LogP contribution in [0.3, 0.4) is 0 Å². The molecule has 0 radical (unpaired) electrons. The van der Waals surface area contributed by atoms with Crippen molar-refractivity contribution in [3.63, 3.8) is 0 Å². The van der Waals surface area contributed by atoms with Crippen molar-refractivity contribution in [1.29, 1.82) is 0 Å². The molecule has 4 rings (SSSR count). The summed E-state index contributed by atoms with van der Waals surface area (Å²) in [5.74, 6) is -0.00671. The number of rotatable bonds is 8. The Morgan fingerprint density at radius 2 is 1.33 bits per heavy atom. The Labute approximate surface area is 195 Å². The molecule has 0 saturated carbocycles. The van der Waals surface area contributed by atoms with Crippen LogP contribution in [0.2, 0.25) is 0 Å². The van der Waals surface area contributed by atoms with Crippen LogP contribution in [0, 0.1) is 0 Å². The quantitative estimate of drug-likeness (QED) is 0.558. The number of amides is 1. The molecular weight excluding hydrogens is 434 g/mol. The first-order chi connectivity index (χ1) is 16.0. The maximum Gasteiger partial charge on any atom is 0.243 e. The number of benzene rings is 3. The number of nitrogens with one attached hydrogen (secondary N) is 1. The second-order valence-corrected chi connectivity index (χ2v) is 10.1. The highest BCUT2D eigenvalue weighted by Gasteiger charge is 2.28. The Morgan fingerprint density at radius 3 is 1.97 bits per heavy atom. The largest absolute Gasteiger partial charge is 0.355 e. The third kappa shape index (κ3) is 6.07. The molecule has 1 saturated heterocycles. The SMILES string of the molecule is O=C(Cc1ccc(-c2ccccc2)cc1)NCCN1CCN(S(=O)(=O)c2ccccc2)CC1. The molecule has 0 unspecified atom stereocenters. The highest BCUT2D eigenvalue weighted by Crippen LogP contribution is 2.19. The highest BCUT2D eigenvalue weighted by atomic mass is 32.2. The average Bonchev–Trinajstić information content (AvgIpc) is 2.86. The molecule has 1 fully saturated rings. The minimum absolute atomic E-state index is 0.00671. The standard InChI is InChI=1S/C26H29N3O3S/c30-26(21-22-11-13-24(14-12-22)23-7-3-1-4-8-23)27-15-16-28-17-19-29(20-18-28)33(31,32)25-9-5-2-6-10-25/h1-14H,15-21H2,(H,27,30). The molecule has 1 aliphatic rings. The van der Waals surface area contributed by atoms with Crippen molar-refractivity contribution in [3.05, 3.63) is 90.5 Å². The molecule has 3 aromatic rings. The second-order valence-electron chi connectivity index (χ2n) is 8.15. The molecule has 3 aromatic carbocycles. The number of nitrogens with zero attached hydrogens (tertiary/aromatic N) is 2. The summed E-state index contributed by atoms with van der Waals surface area (Å²) in [6.07, 6.45) is 0.345. The van der Waals surface area contributed by atoms with E-state index in [4.69, 9.17) is 0 Å². The first-order valence-electron chi connectivity index (χ1n) is 11.2. The molecule has 0 aliphatic carbocycles. The summed E-state index contributed by atoms with van der Waals surface area (Å²) in [4.78, 5) is 14.9. The van der Waals surface area contributed by atoms with Gasteiger partial charge in [-0.3, -0.25) is 9.69 Å². The van der Waals surface area contributed by atoms with Crippen molar-refractivity contribution >= 4 is 15.9 Å². The lowest BCUT2D eigenvalue weighted by molar-refractivity contribution is -0.120. The van der Waals surface area contributed by atoms with Crippen LogP contribution in [0.25, 0.3) is 11.1 Å². The van der Waals surface area contributed by atoms with Crippen molar-refractivity contribution in [2.75, 3.05) is 39.3 Å². The zero-order chi connectivity index (χ0) is 23.1. The number of sulfonamides is 1. The molecule has 0 spiro atoms. The number of carbonyl (C=O) groups is 1. The fourth-order valence-corrected chi connectivity index (χ4v) is 5.43. The van der Waals surface area contributed by atoms with Gasteiger partial charge in [0, 0.05) is 39.3 Å². The van der Waals surface area contributed by atoms with E-state index < -0.39 is 10.0 Å². The fourth-order valence-electron chi connectivity index (χ4n) is 3.98. The third-order valence-corrected chi connectivity index (χ3v) is 7.80. The van der Waals surface area contributed by atoms with Gasteiger partial charge >= 0.3 is 0 Å². The molecule has 7 heteroatoms. The normalized spacial score (nSPS) is 15.3. The number of hydrogen-bond acceptors (Lipinski definition) is 4. The van der Waals surface area contributed by atoms with Gasteiger partial charge in [0.05, 0.1) is 11.3 Å². The van der Waals surface area contributed by atoms with Crippen LogP contribution in [-0.2, 0) is 21.2 Å². The van der Waals surface area contributed by atoms with E-state index in [0.29, 0.717) is 50.6 Å². The van der Waals surface area contributed by atoms with Crippen LogP contribution in [-0.4, -0.2) is 62.8 Å². The summed E-state index contributed by atoms with van der Waals surface area (Å²) in [6, 6.07) is 26.8. The van der Waals surface area contributed by atoms with Crippen molar-refractivity contribution in [1.82, 2.24) is 14.5 Å². The van der Waals surface area contributed by atoms with E-state index in [1.807, 2.05) is 48.5 Å². The predicted molar refractivity (Wildman–Crippen MR) is 130 cm³/mol. The van der Waals surface area contributed by atoms with Crippen LogP contribution in [0.15, 0.2) is 89.8 Å². The molecule has 0 bridgehead atoms. The Balaban J connectivity index is 1.19.